The van der Waals surface area contributed by atoms with Gasteiger partial charge in [-0.1, -0.05) is 0 Å². The average molecular weight is 320 g/mol. The lowest BCUT2D eigenvalue weighted by Gasteiger charge is -2.26. The first-order valence-corrected chi connectivity index (χ1v) is 7.43. The van der Waals surface area contributed by atoms with Gasteiger partial charge in [-0.05, 0) is 25.7 Å². The van der Waals surface area contributed by atoms with Gasteiger partial charge in [0.15, 0.2) is 0 Å². The zero-order valence-corrected chi connectivity index (χ0v) is 13.1. The van der Waals surface area contributed by atoms with E-state index in [-0.39, 0.29) is 11.9 Å². The molecular weight excluding hydrogens is 296 g/mol. The number of carbonyl (C=O) groups excluding carboxylic acids is 2. The fourth-order valence-electron chi connectivity index (χ4n) is 1.84. The largest absolute Gasteiger partial charge is 0.469 e. The molecular formula is C14H24O8. The topological polar surface area (TPSA) is 89.5 Å². The van der Waals surface area contributed by atoms with Crippen LogP contribution in [0.1, 0.15) is 51.4 Å². The summed E-state index contributed by atoms with van der Waals surface area (Å²) >= 11 is 0. The Hall–Kier alpha value is -1.22. The number of rotatable bonds is 10. The molecule has 8 heteroatoms. The maximum absolute atomic E-state index is 10.9. The van der Waals surface area contributed by atoms with Gasteiger partial charge in [-0.25, -0.2) is 0 Å². The van der Waals surface area contributed by atoms with E-state index in [1.165, 1.54) is 14.2 Å². The zero-order chi connectivity index (χ0) is 16.2. The molecule has 8 nitrogen and oxygen atoms in total. The minimum absolute atomic E-state index is 0.231. The lowest BCUT2D eigenvalue weighted by atomic mass is 10.2. The second-order valence-electron chi connectivity index (χ2n) is 4.89. The van der Waals surface area contributed by atoms with Crippen LogP contribution in [0.25, 0.3) is 0 Å². The van der Waals surface area contributed by atoms with Crippen molar-refractivity contribution < 1.29 is 38.6 Å². The quantitative estimate of drug-likeness (QED) is 0.343. The molecule has 1 saturated heterocycles. The number of unbranched alkanes of at least 4 members (excludes halogenated alkanes) is 2. The van der Waals surface area contributed by atoms with Gasteiger partial charge in [-0.15, -0.1) is 0 Å². The van der Waals surface area contributed by atoms with Crippen molar-refractivity contribution in [2.24, 2.45) is 0 Å². The first kappa shape index (κ1) is 18.8. The van der Waals surface area contributed by atoms with Crippen LogP contribution in [0, 0.1) is 0 Å². The maximum atomic E-state index is 10.9. The van der Waals surface area contributed by atoms with Gasteiger partial charge in [-0.3, -0.25) is 9.59 Å². The molecule has 22 heavy (non-hydrogen) atoms. The molecule has 0 aromatic carbocycles. The highest BCUT2D eigenvalue weighted by Gasteiger charge is 2.24. The van der Waals surface area contributed by atoms with Gasteiger partial charge in [0.05, 0.1) is 14.2 Å². The first-order valence-electron chi connectivity index (χ1n) is 7.43. The van der Waals surface area contributed by atoms with Crippen molar-refractivity contribution in [1.29, 1.82) is 0 Å². The van der Waals surface area contributed by atoms with E-state index in [2.05, 4.69) is 9.47 Å². The predicted octanol–water partition coefficient (Wildman–Crippen LogP) is 2.02. The highest BCUT2D eigenvalue weighted by atomic mass is 17.4. The normalized spacial score (nSPS) is 21.4. The summed E-state index contributed by atoms with van der Waals surface area (Å²) in [7, 11) is 2.73. The molecule has 0 unspecified atom stereocenters. The van der Waals surface area contributed by atoms with Crippen LogP contribution in [-0.2, 0) is 38.6 Å². The summed E-state index contributed by atoms with van der Waals surface area (Å²) in [6, 6.07) is 0. The number of esters is 2. The summed E-state index contributed by atoms with van der Waals surface area (Å²) in [5.41, 5.74) is 0. The van der Waals surface area contributed by atoms with Crippen molar-refractivity contribution in [2.45, 2.75) is 63.9 Å². The Morgan fingerprint density at radius 2 is 1.09 bits per heavy atom. The fraction of sp³-hybridized carbons (Fsp3) is 0.857. The fourth-order valence-corrected chi connectivity index (χ4v) is 1.84. The highest BCUT2D eigenvalue weighted by molar-refractivity contribution is 5.69. The van der Waals surface area contributed by atoms with Crippen molar-refractivity contribution >= 4 is 11.9 Å². The number of hydrogen-bond acceptors (Lipinski definition) is 8. The molecule has 0 spiro atoms. The Kier molecular flexibility index (Phi) is 9.72. The van der Waals surface area contributed by atoms with Gasteiger partial charge in [-0.2, -0.15) is 19.6 Å². The molecule has 0 aliphatic carbocycles. The van der Waals surface area contributed by atoms with Crippen molar-refractivity contribution in [3.05, 3.63) is 0 Å². The summed E-state index contributed by atoms with van der Waals surface area (Å²) in [6.07, 6.45) is 3.51. The van der Waals surface area contributed by atoms with Crippen molar-refractivity contribution in [3.8, 4) is 0 Å². The predicted molar refractivity (Wildman–Crippen MR) is 72.9 cm³/mol. The van der Waals surface area contributed by atoms with Crippen LogP contribution >= 0.6 is 0 Å². The minimum atomic E-state index is -0.594. The van der Waals surface area contributed by atoms with E-state index in [1.807, 2.05) is 0 Å². The maximum Gasteiger partial charge on any atom is 0.305 e. The lowest BCUT2D eigenvalue weighted by Crippen LogP contribution is -2.32. The average Bonchev–Trinajstić information content (AvgIpc) is 2.56. The molecule has 1 aliphatic heterocycles. The minimum Gasteiger partial charge on any atom is -0.469 e. The Morgan fingerprint density at radius 1 is 0.727 bits per heavy atom. The van der Waals surface area contributed by atoms with Crippen LogP contribution in [0.4, 0.5) is 0 Å². The van der Waals surface area contributed by atoms with Gasteiger partial charge in [0.25, 0.3) is 0 Å². The van der Waals surface area contributed by atoms with E-state index in [0.717, 1.165) is 12.8 Å². The summed E-state index contributed by atoms with van der Waals surface area (Å²) in [5.74, 6) is -0.463. The molecule has 0 aromatic heterocycles. The Bertz CT molecular complexity index is 293. The molecule has 0 saturated carbocycles. The van der Waals surface area contributed by atoms with E-state index in [9.17, 15) is 9.59 Å². The number of methoxy groups -OCH3 is 2. The van der Waals surface area contributed by atoms with E-state index in [0.29, 0.717) is 38.5 Å². The molecule has 128 valence electrons. The summed E-state index contributed by atoms with van der Waals surface area (Å²) in [5, 5.41) is 0. The number of ether oxygens (including phenoxy) is 2. The Morgan fingerprint density at radius 3 is 1.41 bits per heavy atom. The van der Waals surface area contributed by atoms with Crippen molar-refractivity contribution in [1.82, 2.24) is 0 Å². The SMILES string of the molecule is COC(=O)CCCCC1OOC(CCCCC(=O)OC)OO1. The Balaban J connectivity index is 1.99. The second-order valence-corrected chi connectivity index (χ2v) is 4.89. The first-order chi connectivity index (χ1) is 10.7. The third-order valence-corrected chi connectivity index (χ3v) is 3.14. The van der Waals surface area contributed by atoms with Gasteiger partial charge in [0, 0.05) is 25.7 Å². The van der Waals surface area contributed by atoms with Crippen LogP contribution in [-0.4, -0.2) is 38.7 Å². The molecule has 0 atom stereocenters. The third kappa shape index (κ3) is 8.28. The standard InChI is InChI=1S/C14H24O8/c1-17-11(15)7-3-5-9-13-19-21-14(22-20-13)10-6-4-8-12(16)18-2/h13-14H,3-10H2,1-2H3. The number of carbonyl (C=O) groups is 2. The van der Waals surface area contributed by atoms with Crippen LogP contribution in [0.15, 0.2) is 0 Å². The monoisotopic (exact) mass is 320 g/mol. The summed E-state index contributed by atoms with van der Waals surface area (Å²) in [4.78, 5) is 42.1. The van der Waals surface area contributed by atoms with E-state index in [4.69, 9.17) is 19.6 Å². The van der Waals surface area contributed by atoms with Crippen molar-refractivity contribution in [3.63, 3.8) is 0 Å². The molecule has 0 bridgehead atoms. The van der Waals surface area contributed by atoms with Gasteiger partial charge >= 0.3 is 11.9 Å². The smallest absolute Gasteiger partial charge is 0.305 e. The van der Waals surface area contributed by atoms with Crippen LogP contribution in [0.5, 0.6) is 0 Å². The van der Waals surface area contributed by atoms with Crippen LogP contribution in [0.3, 0.4) is 0 Å². The molecule has 1 heterocycles. The van der Waals surface area contributed by atoms with Gasteiger partial charge < -0.3 is 9.47 Å². The molecule has 0 radical (unpaired) electrons. The molecule has 0 aromatic rings. The molecule has 1 rings (SSSR count). The van der Waals surface area contributed by atoms with Crippen LogP contribution in [0.2, 0.25) is 0 Å². The van der Waals surface area contributed by atoms with Gasteiger partial charge in [0.1, 0.15) is 0 Å². The van der Waals surface area contributed by atoms with E-state index >= 15 is 0 Å². The van der Waals surface area contributed by atoms with E-state index in [1.54, 1.807) is 0 Å². The molecule has 0 amide bonds. The molecule has 0 N–H and O–H groups in total. The summed E-state index contributed by atoms with van der Waals surface area (Å²) < 4.78 is 9.09. The molecule has 1 fully saturated rings. The molecule has 1 aliphatic rings. The second kappa shape index (κ2) is 11.4. The zero-order valence-electron chi connectivity index (χ0n) is 13.1. The summed E-state index contributed by atoms with van der Waals surface area (Å²) in [6.45, 7) is 0. The highest BCUT2D eigenvalue weighted by Crippen LogP contribution is 2.19. The Labute approximate surface area is 129 Å². The van der Waals surface area contributed by atoms with E-state index < -0.39 is 12.6 Å². The van der Waals surface area contributed by atoms with Gasteiger partial charge in [0.2, 0.25) is 12.6 Å². The third-order valence-electron chi connectivity index (χ3n) is 3.14. The number of hydrogen-bond donors (Lipinski definition) is 0. The van der Waals surface area contributed by atoms with Crippen molar-refractivity contribution in [2.75, 3.05) is 14.2 Å². The lowest BCUT2D eigenvalue weighted by molar-refractivity contribution is -0.591. The van der Waals surface area contributed by atoms with Crippen LogP contribution < -0.4 is 0 Å².